The fourth-order valence-electron chi connectivity index (χ4n) is 2.45. The summed E-state index contributed by atoms with van der Waals surface area (Å²) in [5.41, 5.74) is 3.53. The predicted molar refractivity (Wildman–Crippen MR) is 95.5 cm³/mol. The van der Waals surface area contributed by atoms with Crippen LogP contribution in [0.1, 0.15) is 25.8 Å². The summed E-state index contributed by atoms with van der Waals surface area (Å²) in [6, 6.07) is 6.16. The highest BCUT2D eigenvalue weighted by atomic mass is 32.2. The van der Waals surface area contributed by atoms with Crippen LogP contribution in [0.25, 0.3) is 22.1 Å². The molecule has 0 fully saturated rings. The van der Waals surface area contributed by atoms with Gasteiger partial charge in [-0.15, -0.1) is 10.2 Å². The second kappa shape index (κ2) is 7.60. The van der Waals surface area contributed by atoms with Crippen molar-refractivity contribution < 1.29 is 14.3 Å². The van der Waals surface area contributed by atoms with Crippen molar-refractivity contribution in [1.82, 2.24) is 20.2 Å². The number of hydrogen-bond donors (Lipinski definition) is 1. The number of nitrogens with one attached hydrogen (secondary N) is 1. The molecular formula is C17H18N4O3S. The fraction of sp³-hybridized carbons (Fsp3) is 0.353. The number of benzene rings is 1. The average Bonchev–Trinajstić information content (AvgIpc) is 2.96. The molecule has 130 valence electrons. The van der Waals surface area contributed by atoms with Crippen LogP contribution in [-0.2, 0) is 20.7 Å². The van der Waals surface area contributed by atoms with E-state index in [1.807, 2.05) is 6.07 Å². The van der Waals surface area contributed by atoms with Crippen LogP contribution >= 0.6 is 11.8 Å². The first-order valence-electron chi connectivity index (χ1n) is 8.05. The molecule has 0 bridgehead atoms. The van der Waals surface area contributed by atoms with E-state index in [9.17, 15) is 9.59 Å². The van der Waals surface area contributed by atoms with E-state index in [0.29, 0.717) is 16.3 Å². The maximum absolute atomic E-state index is 11.8. The minimum Gasteiger partial charge on any atom is -0.466 e. The quantitative estimate of drug-likeness (QED) is 0.394. The van der Waals surface area contributed by atoms with Crippen molar-refractivity contribution in [2.24, 2.45) is 0 Å². The van der Waals surface area contributed by atoms with E-state index in [2.05, 4.69) is 39.2 Å². The van der Waals surface area contributed by atoms with Crippen LogP contribution in [-0.4, -0.2) is 44.3 Å². The largest absolute Gasteiger partial charge is 0.466 e. The van der Waals surface area contributed by atoms with Crippen LogP contribution in [0.5, 0.6) is 0 Å². The molecule has 0 aliphatic heterocycles. The highest BCUT2D eigenvalue weighted by molar-refractivity contribution is 7.99. The summed E-state index contributed by atoms with van der Waals surface area (Å²) in [5, 5.41) is 9.72. The minimum atomic E-state index is -0.509. The zero-order valence-corrected chi connectivity index (χ0v) is 14.9. The first kappa shape index (κ1) is 17.3. The average molecular weight is 358 g/mol. The molecule has 25 heavy (non-hydrogen) atoms. The number of aromatic nitrogens is 4. The summed E-state index contributed by atoms with van der Waals surface area (Å²) in [7, 11) is 0. The number of aromatic amines is 1. The number of fused-ring (bicyclic) bond motifs is 3. The molecule has 0 radical (unpaired) electrons. The number of carbonyl (C=O) groups excluding carboxylic acids is 2. The van der Waals surface area contributed by atoms with Gasteiger partial charge in [-0.2, -0.15) is 0 Å². The molecule has 0 unspecified atom stereocenters. The Morgan fingerprint density at radius 3 is 2.84 bits per heavy atom. The van der Waals surface area contributed by atoms with Gasteiger partial charge in [-0.1, -0.05) is 24.8 Å². The maximum Gasteiger partial charge on any atom is 0.313 e. The van der Waals surface area contributed by atoms with Crippen molar-refractivity contribution in [3.8, 4) is 0 Å². The molecule has 3 aromatic rings. The number of ether oxygens (including phenoxy) is 1. The molecule has 0 saturated heterocycles. The van der Waals surface area contributed by atoms with Gasteiger partial charge in [0.25, 0.3) is 0 Å². The molecule has 0 saturated carbocycles. The molecule has 1 aromatic carbocycles. The number of H-pyrrole nitrogens is 1. The molecule has 3 rings (SSSR count). The maximum atomic E-state index is 11.8. The molecule has 1 N–H and O–H groups in total. The Balaban J connectivity index is 1.74. The van der Waals surface area contributed by atoms with Crippen molar-refractivity contribution in [3.63, 3.8) is 0 Å². The van der Waals surface area contributed by atoms with Gasteiger partial charge in [0, 0.05) is 10.9 Å². The number of rotatable bonds is 7. The second-order valence-electron chi connectivity index (χ2n) is 5.46. The smallest absolute Gasteiger partial charge is 0.313 e. The Morgan fingerprint density at radius 1 is 1.24 bits per heavy atom. The van der Waals surface area contributed by atoms with Gasteiger partial charge >= 0.3 is 5.97 Å². The standard InChI is InChI=1S/C17H18N4O3S/c1-3-10-5-6-13-12(7-10)15-16(18-13)19-17(21-20-15)25-9-11(22)8-14(23)24-4-2/h5-7H,3-4,8-9H2,1-2H3,(H,18,19,21). The van der Waals surface area contributed by atoms with Gasteiger partial charge in [-0.05, 0) is 31.0 Å². The summed E-state index contributed by atoms with van der Waals surface area (Å²) in [6.45, 7) is 4.07. The number of hydrogen-bond acceptors (Lipinski definition) is 7. The number of carbonyl (C=O) groups is 2. The number of ketones is 1. The summed E-state index contributed by atoms with van der Waals surface area (Å²) >= 11 is 1.16. The Morgan fingerprint density at radius 2 is 2.08 bits per heavy atom. The molecule has 2 heterocycles. The minimum absolute atomic E-state index is 0.103. The molecule has 7 nitrogen and oxygen atoms in total. The Bertz CT molecular complexity index is 938. The molecular weight excluding hydrogens is 340 g/mol. The molecule has 0 spiro atoms. The number of esters is 1. The summed E-state index contributed by atoms with van der Waals surface area (Å²) < 4.78 is 4.76. The fourth-order valence-corrected chi connectivity index (χ4v) is 3.10. The number of Topliss-reactive ketones (excluding diaryl/α,β-unsaturated/α-hetero) is 1. The van der Waals surface area contributed by atoms with E-state index in [4.69, 9.17) is 4.74 Å². The first-order valence-corrected chi connectivity index (χ1v) is 9.04. The lowest BCUT2D eigenvalue weighted by atomic mass is 10.1. The van der Waals surface area contributed by atoms with Gasteiger partial charge in [0.1, 0.15) is 11.9 Å². The van der Waals surface area contributed by atoms with E-state index in [1.54, 1.807) is 6.92 Å². The molecule has 0 atom stereocenters. The van der Waals surface area contributed by atoms with Crippen molar-refractivity contribution in [2.45, 2.75) is 31.8 Å². The summed E-state index contributed by atoms with van der Waals surface area (Å²) in [4.78, 5) is 30.7. The first-order chi connectivity index (χ1) is 12.1. The van der Waals surface area contributed by atoms with Crippen molar-refractivity contribution in [1.29, 1.82) is 0 Å². The van der Waals surface area contributed by atoms with Crippen LogP contribution in [0.4, 0.5) is 0 Å². The lowest BCUT2D eigenvalue weighted by molar-refractivity contribution is -0.145. The second-order valence-corrected chi connectivity index (χ2v) is 6.40. The highest BCUT2D eigenvalue weighted by Gasteiger charge is 2.14. The molecule has 0 aliphatic rings. The Kier molecular flexibility index (Phi) is 5.28. The predicted octanol–water partition coefficient (Wildman–Crippen LogP) is 2.68. The third-order valence-corrected chi connectivity index (χ3v) is 4.57. The molecule has 0 aliphatic carbocycles. The van der Waals surface area contributed by atoms with Gasteiger partial charge in [0.15, 0.2) is 11.4 Å². The van der Waals surface area contributed by atoms with Gasteiger partial charge in [-0.25, -0.2) is 4.98 Å². The normalized spacial score (nSPS) is 11.1. The Hall–Kier alpha value is -2.48. The van der Waals surface area contributed by atoms with Crippen molar-refractivity contribution in [3.05, 3.63) is 23.8 Å². The van der Waals surface area contributed by atoms with E-state index in [0.717, 1.165) is 29.1 Å². The van der Waals surface area contributed by atoms with E-state index in [-0.39, 0.29) is 24.6 Å². The zero-order valence-electron chi connectivity index (χ0n) is 14.0. The molecule has 0 amide bonds. The lowest BCUT2D eigenvalue weighted by Gasteiger charge is -2.01. The van der Waals surface area contributed by atoms with Gasteiger partial charge in [-0.3, -0.25) is 9.59 Å². The van der Waals surface area contributed by atoms with Crippen LogP contribution in [0.3, 0.4) is 0 Å². The molecule has 8 heteroatoms. The summed E-state index contributed by atoms with van der Waals surface area (Å²) in [5.74, 6) is -0.632. The van der Waals surface area contributed by atoms with E-state index in [1.165, 1.54) is 5.56 Å². The SMILES string of the molecule is CCOC(=O)CC(=O)CSc1nnc2c(n1)[nH]c1ccc(CC)cc12. The third-order valence-electron chi connectivity index (χ3n) is 3.68. The van der Waals surface area contributed by atoms with Crippen LogP contribution < -0.4 is 0 Å². The van der Waals surface area contributed by atoms with E-state index >= 15 is 0 Å². The van der Waals surface area contributed by atoms with Crippen molar-refractivity contribution in [2.75, 3.05) is 12.4 Å². The van der Waals surface area contributed by atoms with Crippen LogP contribution in [0, 0.1) is 0 Å². The van der Waals surface area contributed by atoms with Gasteiger partial charge in [0.05, 0.1) is 12.4 Å². The Labute approximate surface area is 148 Å². The third kappa shape index (κ3) is 3.96. The number of aryl methyl sites for hydroxylation is 1. The van der Waals surface area contributed by atoms with E-state index < -0.39 is 5.97 Å². The lowest BCUT2D eigenvalue weighted by Crippen LogP contribution is -2.13. The van der Waals surface area contributed by atoms with Crippen LogP contribution in [0.15, 0.2) is 23.4 Å². The number of thioether (sulfide) groups is 1. The zero-order chi connectivity index (χ0) is 17.8. The molecule has 2 aromatic heterocycles. The van der Waals surface area contributed by atoms with Crippen LogP contribution in [0.2, 0.25) is 0 Å². The van der Waals surface area contributed by atoms with Crippen molar-refractivity contribution >= 4 is 45.6 Å². The topological polar surface area (TPSA) is 97.8 Å². The summed E-state index contributed by atoms with van der Waals surface area (Å²) in [6.07, 6.45) is 0.711. The monoisotopic (exact) mass is 358 g/mol. The van der Waals surface area contributed by atoms with Gasteiger partial charge in [0.2, 0.25) is 5.16 Å². The highest BCUT2D eigenvalue weighted by Crippen LogP contribution is 2.24. The number of nitrogens with zero attached hydrogens (tertiary/aromatic N) is 3. The van der Waals surface area contributed by atoms with Gasteiger partial charge < -0.3 is 9.72 Å².